The molecule has 5 rings (SSSR count). The Bertz CT molecular complexity index is 1550. The highest BCUT2D eigenvalue weighted by molar-refractivity contribution is 7.89. The first-order valence-electron chi connectivity index (χ1n) is 11.2. The van der Waals surface area contributed by atoms with Crippen molar-refractivity contribution in [2.75, 3.05) is 7.11 Å². The van der Waals surface area contributed by atoms with E-state index in [1.54, 1.807) is 31.4 Å². The maximum Gasteiger partial charge on any atom is 0.279 e. The second-order valence-electron chi connectivity index (χ2n) is 8.60. The normalized spacial score (nSPS) is 15.9. The Morgan fingerprint density at radius 1 is 1.00 bits per heavy atom. The van der Waals surface area contributed by atoms with Gasteiger partial charge in [-0.1, -0.05) is 47.5 Å². The number of para-hydroxylation sites is 1. The Balaban J connectivity index is 1.64. The number of fused-ring (bicyclic) bond motifs is 1. The molecule has 1 atom stereocenters. The molecule has 0 aliphatic carbocycles. The number of methoxy groups -OCH3 is 1. The van der Waals surface area contributed by atoms with Crippen LogP contribution in [-0.2, 0) is 10.0 Å². The van der Waals surface area contributed by atoms with Gasteiger partial charge in [0.2, 0.25) is 0 Å². The number of pyridine rings is 1. The van der Waals surface area contributed by atoms with E-state index in [0.717, 1.165) is 27.6 Å². The lowest BCUT2D eigenvalue weighted by atomic mass is 9.98. The zero-order valence-electron chi connectivity index (χ0n) is 19.6. The van der Waals surface area contributed by atoms with Crippen molar-refractivity contribution in [3.8, 4) is 5.75 Å². The molecule has 1 unspecified atom stereocenters. The van der Waals surface area contributed by atoms with Gasteiger partial charge in [-0.05, 0) is 67.4 Å². The minimum absolute atomic E-state index is 0.175. The van der Waals surface area contributed by atoms with Crippen molar-refractivity contribution in [2.24, 2.45) is 5.10 Å². The third kappa shape index (κ3) is 4.26. The number of hydrogen-bond acceptors (Lipinski definition) is 5. The third-order valence-electron chi connectivity index (χ3n) is 6.25. The number of aryl methyl sites for hydroxylation is 2. The van der Waals surface area contributed by atoms with E-state index < -0.39 is 16.1 Å². The van der Waals surface area contributed by atoms with Crippen LogP contribution in [0.25, 0.3) is 10.9 Å². The van der Waals surface area contributed by atoms with E-state index >= 15 is 0 Å². The van der Waals surface area contributed by atoms with Crippen LogP contribution >= 0.6 is 11.6 Å². The van der Waals surface area contributed by atoms with Gasteiger partial charge in [0.1, 0.15) is 10.9 Å². The first kappa shape index (κ1) is 23.3. The van der Waals surface area contributed by atoms with Gasteiger partial charge in [-0.3, -0.25) is 0 Å². The van der Waals surface area contributed by atoms with Crippen LogP contribution in [0.2, 0.25) is 5.15 Å². The summed E-state index contributed by atoms with van der Waals surface area (Å²) in [7, 11) is -2.35. The molecule has 8 heteroatoms. The van der Waals surface area contributed by atoms with E-state index in [2.05, 4.69) is 10.1 Å². The molecule has 1 aliphatic rings. The average Bonchev–Trinajstić information content (AvgIpc) is 3.31. The molecule has 35 heavy (non-hydrogen) atoms. The number of ether oxygens (including phenoxy) is 1. The molecule has 0 spiro atoms. The molecule has 0 bridgehead atoms. The molecule has 2 heterocycles. The lowest BCUT2D eigenvalue weighted by Gasteiger charge is -2.24. The summed E-state index contributed by atoms with van der Waals surface area (Å²) in [6.07, 6.45) is 0.357. The van der Waals surface area contributed by atoms with Gasteiger partial charge in [0.05, 0.1) is 29.3 Å². The maximum atomic E-state index is 13.8. The van der Waals surface area contributed by atoms with Gasteiger partial charge in [-0.25, -0.2) is 4.98 Å². The fourth-order valence-corrected chi connectivity index (χ4v) is 5.98. The van der Waals surface area contributed by atoms with Crippen molar-refractivity contribution >= 4 is 38.2 Å². The predicted molar refractivity (Wildman–Crippen MR) is 139 cm³/mol. The largest absolute Gasteiger partial charge is 0.497 e. The Morgan fingerprint density at radius 2 is 1.71 bits per heavy atom. The van der Waals surface area contributed by atoms with Crippen molar-refractivity contribution in [3.63, 3.8) is 0 Å². The Kier molecular flexibility index (Phi) is 5.99. The number of benzene rings is 3. The quantitative estimate of drug-likeness (QED) is 0.309. The molecule has 1 aliphatic heterocycles. The molecular weight excluding hydrogens is 482 g/mol. The highest BCUT2D eigenvalue weighted by Crippen LogP contribution is 2.40. The number of rotatable bonds is 5. The molecule has 6 nitrogen and oxygen atoms in total. The number of halogens is 1. The topological polar surface area (TPSA) is 71.9 Å². The molecule has 4 aromatic rings. The van der Waals surface area contributed by atoms with Gasteiger partial charge in [-0.15, -0.1) is 0 Å². The van der Waals surface area contributed by atoms with E-state index in [4.69, 9.17) is 16.3 Å². The van der Waals surface area contributed by atoms with Crippen LogP contribution in [0.4, 0.5) is 0 Å². The molecule has 0 amide bonds. The molecule has 3 aromatic carbocycles. The van der Waals surface area contributed by atoms with E-state index in [9.17, 15) is 8.42 Å². The van der Waals surface area contributed by atoms with Crippen LogP contribution in [0.1, 0.15) is 34.7 Å². The smallest absolute Gasteiger partial charge is 0.279 e. The Hall–Kier alpha value is -3.42. The number of sulfonamides is 1. The van der Waals surface area contributed by atoms with Crippen LogP contribution < -0.4 is 4.74 Å². The van der Waals surface area contributed by atoms with Gasteiger partial charge in [0.25, 0.3) is 10.0 Å². The molecule has 0 N–H and O–H groups in total. The summed E-state index contributed by atoms with van der Waals surface area (Å²) < 4.78 is 34.0. The summed E-state index contributed by atoms with van der Waals surface area (Å²) in [5, 5.41) is 5.78. The van der Waals surface area contributed by atoms with E-state index in [1.165, 1.54) is 4.41 Å². The van der Waals surface area contributed by atoms with Crippen LogP contribution in [0.5, 0.6) is 5.75 Å². The van der Waals surface area contributed by atoms with E-state index in [1.807, 2.05) is 62.4 Å². The molecule has 0 fully saturated rings. The molecule has 0 saturated heterocycles. The molecule has 1 aromatic heterocycles. The van der Waals surface area contributed by atoms with Crippen LogP contribution in [0, 0.1) is 13.8 Å². The Labute approximate surface area is 209 Å². The second kappa shape index (κ2) is 8.98. The fourth-order valence-electron chi connectivity index (χ4n) is 4.29. The van der Waals surface area contributed by atoms with Gasteiger partial charge in [0.15, 0.2) is 0 Å². The van der Waals surface area contributed by atoms with Crippen LogP contribution in [-0.4, -0.2) is 30.6 Å². The molecule has 178 valence electrons. The number of nitrogens with zero attached hydrogens (tertiary/aromatic N) is 3. The monoisotopic (exact) mass is 505 g/mol. The number of aromatic nitrogens is 1. The minimum Gasteiger partial charge on any atom is -0.497 e. The zero-order valence-corrected chi connectivity index (χ0v) is 21.1. The summed E-state index contributed by atoms with van der Waals surface area (Å²) in [6.45, 7) is 3.89. The zero-order chi connectivity index (χ0) is 24.7. The summed E-state index contributed by atoms with van der Waals surface area (Å²) >= 11 is 6.67. The van der Waals surface area contributed by atoms with Crippen molar-refractivity contribution < 1.29 is 13.2 Å². The Morgan fingerprint density at radius 3 is 2.40 bits per heavy atom. The fraction of sp³-hybridized carbons (Fsp3) is 0.185. The number of hydrazone groups is 1. The van der Waals surface area contributed by atoms with Gasteiger partial charge in [0, 0.05) is 17.4 Å². The minimum atomic E-state index is -3.95. The molecule has 0 radical (unpaired) electrons. The van der Waals surface area contributed by atoms with E-state index in [0.29, 0.717) is 23.4 Å². The standard InChI is InChI=1S/C27H24ClN3O3S/c1-17-7-13-22(14-8-17)35(32,33)31-25(16-24(30-31)19-9-11-21(34-3)12-10-19)23-15-20-6-4-5-18(2)26(20)29-27(23)28/h4-15,25H,16H2,1-3H3. The van der Waals surface area contributed by atoms with Gasteiger partial charge < -0.3 is 4.74 Å². The molecular formula is C27H24ClN3O3S. The lowest BCUT2D eigenvalue weighted by molar-refractivity contribution is 0.371. The van der Waals surface area contributed by atoms with Gasteiger partial charge in [-0.2, -0.15) is 17.9 Å². The summed E-state index contributed by atoms with van der Waals surface area (Å²) in [6, 6.07) is 21.3. The van der Waals surface area contributed by atoms with Crippen molar-refractivity contribution in [2.45, 2.75) is 31.2 Å². The van der Waals surface area contributed by atoms with Crippen LogP contribution in [0.15, 0.2) is 82.8 Å². The average molecular weight is 506 g/mol. The highest BCUT2D eigenvalue weighted by Gasteiger charge is 2.39. The summed E-state index contributed by atoms with van der Waals surface area (Å²) in [5.41, 5.74) is 4.85. The van der Waals surface area contributed by atoms with Crippen molar-refractivity contribution in [1.82, 2.24) is 9.40 Å². The third-order valence-corrected chi connectivity index (χ3v) is 8.25. The molecule has 0 saturated carbocycles. The van der Waals surface area contributed by atoms with E-state index in [-0.39, 0.29) is 10.0 Å². The summed E-state index contributed by atoms with van der Waals surface area (Å²) in [5.74, 6) is 0.713. The predicted octanol–water partition coefficient (Wildman–Crippen LogP) is 6.05. The maximum absolute atomic E-state index is 13.8. The van der Waals surface area contributed by atoms with Crippen molar-refractivity contribution in [3.05, 3.63) is 100 Å². The van der Waals surface area contributed by atoms with Crippen LogP contribution in [0.3, 0.4) is 0 Å². The summed E-state index contributed by atoms with van der Waals surface area (Å²) in [4.78, 5) is 4.79. The van der Waals surface area contributed by atoms with Crippen molar-refractivity contribution in [1.29, 1.82) is 0 Å². The van der Waals surface area contributed by atoms with Gasteiger partial charge >= 0.3 is 0 Å². The SMILES string of the molecule is COc1ccc(C2=NN(S(=O)(=O)c3ccc(C)cc3)C(c3cc4cccc(C)c4nc3Cl)C2)cc1. The second-order valence-corrected chi connectivity index (χ2v) is 10.8. The number of hydrogen-bond donors (Lipinski definition) is 0. The first-order valence-corrected chi connectivity index (χ1v) is 13.0. The first-order chi connectivity index (χ1) is 16.8. The lowest BCUT2D eigenvalue weighted by Crippen LogP contribution is -2.27. The highest BCUT2D eigenvalue weighted by atomic mass is 35.5.